The van der Waals surface area contributed by atoms with Gasteiger partial charge in [0.05, 0.1) is 5.75 Å². The van der Waals surface area contributed by atoms with Crippen LogP contribution in [-0.2, 0) is 11.3 Å². The predicted octanol–water partition coefficient (Wildman–Crippen LogP) is 2.60. The molecule has 6 nitrogen and oxygen atoms in total. The minimum absolute atomic E-state index is 0.0773. The third kappa shape index (κ3) is 5.18. The van der Waals surface area contributed by atoms with Crippen molar-refractivity contribution in [2.75, 3.05) is 24.2 Å². The van der Waals surface area contributed by atoms with Gasteiger partial charge in [-0.15, -0.1) is 10.2 Å². The summed E-state index contributed by atoms with van der Waals surface area (Å²) < 4.78 is 0.848. The van der Waals surface area contributed by atoms with Crippen LogP contribution in [0.4, 0.5) is 5.13 Å². The van der Waals surface area contributed by atoms with Gasteiger partial charge in [-0.1, -0.05) is 53.4 Å². The Kier molecular flexibility index (Phi) is 5.72. The molecular weight excluding hydrogens is 366 g/mol. The lowest BCUT2D eigenvalue weighted by Gasteiger charge is -2.16. The number of rotatable bonds is 8. The summed E-state index contributed by atoms with van der Waals surface area (Å²) in [5, 5.41) is 15.6. The maximum atomic E-state index is 12.2. The lowest BCUT2D eigenvalue weighted by molar-refractivity contribution is -0.119. The zero-order chi connectivity index (χ0) is 17.8. The molecule has 1 saturated carbocycles. The summed E-state index contributed by atoms with van der Waals surface area (Å²) in [5.41, 5.74) is 1.32. The van der Waals surface area contributed by atoms with Crippen molar-refractivity contribution >= 4 is 34.1 Å². The van der Waals surface area contributed by atoms with Crippen molar-refractivity contribution in [3.63, 3.8) is 0 Å². The van der Waals surface area contributed by atoms with E-state index in [4.69, 9.17) is 0 Å². The highest BCUT2D eigenvalue weighted by Crippen LogP contribution is 2.30. The zero-order valence-electron chi connectivity index (χ0n) is 14.6. The standard InChI is InChI=1S/C18H23N5OS2/c24-16(12-25-18-22-21-17(26-18)20-14-6-7-14)19-15-8-9-23(11-15)10-13-4-2-1-3-5-13/h1-5,14-15H,6-12H2,(H,19,24)(H,20,21)/t15-/m1/s1. The van der Waals surface area contributed by atoms with Crippen LogP contribution < -0.4 is 10.6 Å². The molecule has 1 aromatic heterocycles. The average Bonchev–Trinajstić information content (AvgIpc) is 3.16. The fraction of sp³-hybridized carbons (Fsp3) is 0.500. The normalized spacial score (nSPS) is 20.2. The summed E-state index contributed by atoms with van der Waals surface area (Å²) in [6.07, 6.45) is 3.44. The van der Waals surface area contributed by atoms with Crippen LogP contribution >= 0.6 is 23.1 Å². The van der Waals surface area contributed by atoms with Gasteiger partial charge in [0.15, 0.2) is 4.34 Å². The van der Waals surface area contributed by atoms with Crippen molar-refractivity contribution in [3.05, 3.63) is 35.9 Å². The van der Waals surface area contributed by atoms with E-state index in [0.29, 0.717) is 11.8 Å². The van der Waals surface area contributed by atoms with Crippen LogP contribution in [0.25, 0.3) is 0 Å². The van der Waals surface area contributed by atoms with E-state index in [1.54, 1.807) is 0 Å². The first-order valence-corrected chi connectivity index (χ1v) is 10.8. The second kappa shape index (κ2) is 8.37. The molecule has 4 rings (SSSR count). The Morgan fingerprint density at radius 2 is 2.04 bits per heavy atom. The summed E-state index contributed by atoms with van der Waals surface area (Å²) in [6, 6.07) is 11.3. The summed E-state index contributed by atoms with van der Waals surface area (Å²) in [5.74, 6) is 0.473. The van der Waals surface area contributed by atoms with Gasteiger partial charge < -0.3 is 10.6 Å². The number of carbonyl (C=O) groups excluding carboxylic acids is 1. The minimum atomic E-state index is 0.0773. The SMILES string of the molecule is O=C(CSc1nnc(NC2CC2)s1)N[C@@H]1CCN(Cc2ccccc2)C1. The van der Waals surface area contributed by atoms with E-state index in [1.807, 2.05) is 6.07 Å². The van der Waals surface area contributed by atoms with Gasteiger partial charge in [0.25, 0.3) is 0 Å². The monoisotopic (exact) mass is 389 g/mol. The number of anilines is 1. The van der Waals surface area contributed by atoms with Gasteiger partial charge in [0.1, 0.15) is 0 Å². The number of hydrogen-bond donors (Lipinski definition) is 2. The molecule has 1 saturated heterocycles. The summed E-state index contributed by atoms with van der Waals surface area (Å²) in [4.78, 5) is 14.6. The van der Waals surface area contributed by atoms with Gasteiger partial charge in [-0.3, -0.25) is 9.69 Å². The average molecular weight is 390 g/mol. The van der Waals surface area contributed by atoms with Gasteiger partial charge in [-0.2, -0.15) is 0 Å². The predicted molar refractivity (Wildman–Crippen MR) is 106 cm³/mol. The van der Waals surface area contributed by atoms with Crippen molar-refractivity contribution in [1.82, 2.24) is 20.4 Å². The zero-order valence-corrected chi connectivity index (χ0v) is 16.2. The second-order valence-corrected chi connectivity index (χ2v) is 9.05. The van der Waals surface area contributed by atoms with Crippen LogP contribution in [0, 0.1) is 0 Å². The van der Waals surface area contributed by atoms with Gasteiger partial charge in [0.2, 0.25) is 11.0 Å². The maximum Gasteiger partial charge on any atom is 0.230 e. The van der Waals surface area contributed by atoms with E-state index in [-0.39, 0.29) is 11.9 Å². The number of likely N-dealkylation sites (tertiary alicyclic amines) is 1. The van der Waals surface area contributed by atoms with E-state index in [9.17, 15) is 4.79 Å². The summed E-state index contributed by atoms with van der Waals surface area (Å²) in [6.45, 7) is 2.89. The summed E-state index contributed by atoms with van der Waals surface area (Å²) in [7, 11) is 0. The van der Waals surface area contributed by atoms with Crippen LogP contribution in [0.15, 0.2) is 34.7 Å². The molecule has 2 aliphatic rings. The Labute approximate surface area is 161 Å². The third-order valence-corrected chi connectivity index (χ3v) is 6.51. The first-order valence-electron chi connectivity index (χ1n) is 9.03. The van der Waals surface area contributed by atoms with Gasteiger partial charge in [-0.05, 0) is 24.8 Å². The van der Waals surface area contributed by atoms with E-state index >= 15 is 0 Å². The smallest absolute Gasteiger partial charge is 0.230 e. The lowest BCUT2D eigenvalue weighted by atomic mass is 10.2. The van der Waals surface area contributed by atoms with Gasteiger partial charge in [0, 0.05) is 31.7 Å². The van der Waals surface area contributed by atoms with Gasteiger partial charge >= 0.3 is 0 Å². The Balaban J connectivity index is 1.17. The van der Waals surface area contributed by atoms with Crippen molar-refractivity contribution in [2.24, 2.45) is 0 Å². The third-order valence-electron chi connectivity index (χ3n) is 4.52. The van der Waals surface area contributed by atoms with Gasteiger partial charge in [-0.25, -0.2) is 0 Å². The molecule has 0 unspecified atom stereocenters. The topological polar surface area (TPSA) is 70.1 Å². The first-order chi connectivity index (χ1) is 12.7. The Bertz CT molecular complexity index is 734. The summed E-state index contributed by atoms with van der Waals surface area (Å²) >= 11 is 2.99. The number of hydrogen-bond acceptors (Lipinski definition) is 7. The highest BCUT2D eigenvalue weighted by molar-refractivity contribution is 8.01. The quantitative estimate of drug-likeness (QED) is 0.677. The highest BCUT2D eigenvalue weighted by Gasteiger charge is 2.24. The van der Waals surface area contributed by atoms with E-state index < -0.39 is 0 Å². The molecule has 26 heavy (non-hydrogen) atoms. The molecule has 0 bridgehead atoms. The molecule has 1 aliphatic carbocycles. The molecule has 2 heterocycles. The lowest BCUT2D eigenvalue weighted by Crippen LogP contribution is -2.37. The maximum absolute atomic E-state index is 12.2. The fourth-order valence-corrected chi connectivity index (χ4v) is 4.70. The number of carbonyl (C=O) groups is 1. The molecule has 0 radical (unpaired) electrons. The van der Waals surface area contributed by atoms with E-state index in [2.05, 4.69) is 50.0 Å². The molecule has 0 spiro atoms. The van der Waals surface area contributed by atoms with E-state index in [0.717, 1.165) is 35.5 Å². The molecule has 8 heteroatoms. The molecule has 1 aliphatic heterocycles. The minimum Gasteiger partial charge on any atom is -0.357 e. The fourth-order valence-electron chi connectivity index (χ4n) is 3.06. The second-order valence-electron chi connectivity index (χ2n) is 6.85. The number of benzene rings is 1. The van der Waals surface area contributed by atoms with Crippen molar-refractivity contribution < 1.29 is 4.79 Å². The van der Waals surface area contributed by atoms with Crippen LogP contribution in [0.3, 0.4) is 0 Å². The van der Waals surface area contributed by atoms with Crippen LogP contribution in [-0.4, -0.2) is 51.9 Å². The molecule has 2 N–H and O–H groups in total. The number of nitrogens with zero attached hydrogens (tertiary/aromatic N) is 3. The largest absolute Gasteiger partial charge is 0.357 e. The van der Waals surface area contributed by atoms with E-state index in [1.165, 1.54) is 41.5 Å². The molecule has 1 aromatic carbocycles. The Morgan fingerprint density at radius 3 is 2.85 bits per heavy atom. The van der Waals surface area contributed by atoms with Crippen molar-refractivity contribution in [3.8, 4) is 0 Å². The Hall–Kier alpha value is -1.64. The molecule has 1 atom stereocenters. The number of aromatic nitrogens is 2. The number of nitrogens with one attached hydrogen (secondary N) is 2. The molecular formula is C18H23N5OS2. The number of thioether (sulfide) groups is 1. The van der Waals surface area contributed by atoms with Crippen LogP contribution in [0.2, 0.25) is 0 Å². The van der Waals surface area contributed by atoms with Crippen LogP contribution in [0.5, 0.6) is 0 Å². The van der Waals surface area contributed by atoms with Crippen LogP contribution in [0.1, 0.15) is 24.8 Å². The highest BCUT2D eigenvalue weighted by atomic mass is 32.2. The van der Waals surface area contributed by atoms with Crippen molar-refractivity contribution in [1.29, 1.82) is 0 Å². The Morgan fingerprint density at radius 1 is 1.19 bits per heavy atom. The first kappa shape index (κ1) is 17.8. The molecule has 138 valence electrons. The molecule has 1 amide bonds. The molecule has 2 aromatic rings. The van der Waals surface area contributed by atoms with Crippen molar-refractivity contribution in [2.45, 2.75) is 42.2 Å². The molecule has 2 fully saturated rings. The number of amides is 1.